The molecule has 0 amide bonds. The standard InChI is InChI=1S/C7H11ClN2S/c1-6-7(8)5-9-10(6)3-2-4-11/h5,11H,2-4H2,1H3. The summed E-state index contributed by atoms with van der Waals surface area (Å²) in [4.78, 5) is 0. The highest BCUT2D eigenvalue weighted by atomic mass is 35.5. The lowest BCUT2D eigenvalue weighted by molar-refractivity contribution is 0.591. The second-order valence-corrected chi connectivity index (χ2v) is 3.23. The van der Waals surface area contributed by atoms with Gasteiger partial charge < -0.3 is 0 Å². The molecule has 0 spiro atoms. The van der Waals surface area contributed by atoms with Gasteiger partial charge in [0.25, 0.3) is 0 Å². The highest BCUT2D eigenvalue weighted by Crippen LogP contribution is 2.13. The molecule has 0 saturated heterocycles. The van der Waals surface area contributed by atoms with E-state index in [0.29, 0.717) is 0 Å². The SMILES string of the molecule is Cc1c(Cl)cnn1CCCS. The minimum Gasteiger partial charge on any atom is -0.268 e. The summed E-state index contributed by atoms with van der Waals surface area (Å²) in [6, 6.07) is 0. The predicted molar refractivity (Wildman–Crippen MR) is 50.4 cm³/mol. The van der Waals surface area contributed by atoms with Crippen molar-refractivity contribution >= 4 is 24.2 Å². The van der Waals surface area contributed by atoms with Crippen LogP contribution in [0.4, 0.5) is 0 Å². The van der Waals surface area contributed by atoms with Crippen molar-refractivity contribution in [3.05, 3.63) is 16.9 Å². The minimum atomic E-state index is 0.740. The van der Waals surface area contributed by atoms with E-state index in [4.69, 9.17) is 11.6 Å². The van der Waals surface area contributed by atoms with E-state index >= 15 is 0 Å². The highest BCUT2D eigenvalue weighted by molar-refractivity contribution is 7.80. The molecule has 1 heterocycles. The Bertz CT molecular complexity index is 234. The first-order valence-electron chi connectivity index (χ1n) is 3.54. The molecule has 62 valence electrons. The van der Waals surface area contributed by atoms with Crippen LogP contribution in [0.5, 0.6) is 0 Å². The third-order valence-corrected chi connectivity index (χ3v) is 2.26. The first-order chi connectivity index (χ1) is 5.25. The molecular weight excluding hydrogens is 180 g/mol. The summed E-state index contributed by atoms with van der Waals surface area (Å²) in [5.74, 6) is 0.886. The van der Waals surface area contributed by atoms with Gasteiger partial charge in [0.2, 0.25) is 0 Å². The van der Waals surface area contributed by atoms with Crippen molar-refractivity contribution in [2.75, 3.05) is 5.75 Å². The largest absolute Gasteiger partial charge is 0.268 e. The van der Waals surface area contributed by atoms with Gasteiger partial charge in [0, 0.05) is 6.54 Å². The zero-order chi connectivity index (χ0) is 8.27. The summed E-state index contributed by atoms with van der Waals surface area (Å²) in [6.07, 6.45) is 2.71. The van der Waals surface area contributed by atoms with Crippen molar-refractivity contribution in [2.24, 2.45) is 0 Å². The van der Waals surface area contributed by atoms with Crippen LogP contribution >= 0.6 is 24.2 Å². The lowest BCUT2D eigenvalue weighted by atomic mass is 10.4. The average molecular weight is 191 g/mol. The molecule has 0 saturated carbocycles. The van der Waals surface area contributed by atoms with E-state index in [0.717, 1.165) is 29.4 Å². The summed E-state index contributed by atoms with van der Waals surface area (Å²) in [5.41, 5.74) is 1.04. The first kappa shape index (κ1) is 8.94. The molecule has 1 aromatic rings. The number of aromatic nitrogens is 2. The molecule has 0 aliphatic heterocycles. The molecule has 0 unspecified atom stereocenters. The van der Waals surface area contributed by atoms with Crippen molar-refractivity contribution in [3.8, 4) is 0 Å². The number of hydrogen-bond donors (Lipinski definition) is 1. The van der Waals surface area contributed by atoms with Gasteiger partial charge in [-0.25, -0.2) is 0 Å². The molecule has 0 N–H and O–H groups in total. The summed E-state index contributed by atoms with van der Waals surface area (Å²) in [6.45, 7) is 2.87. The number of nitrogens with zero attached hydrogens (tertiary/aromatic N) is 2. The van der Waals surface area contributed by atoms with Crippen LogP contribution in [-0.2, 0) is 6.54 Å². The van der Waals surface area contributed by atoms with Gasteiger partial charge in [0.05, 0.1) is 16.9 Å². The van der Waals surface area contributed by atoms with E-state index in [1.165, 1.54) is 0 Å². The van der Waals surface area contributed by atoms with Crippen molar-refractivity contribution in [2.45, 2.75) is 19.9 Å². The molecular formula is C7H11ClN2S. The van der Waals surface area contributed by atoms with E-state index in [9.17, 15) is 0 Å². The van der Waals surface area contributed by atoms with Crippen molar-refractivity contribution in [1.82, 2.24) is 9.78 Å². The Balaban J connectivity index is 2.63. The van der Waals surface area contributed by atoms with Crippen LogP contribution in [0, 0.1) is 6.92 Å². The summed E-state index contributed by atoms with van der Waals surface area (Å²) < 4.78 is 1.90. The van der Waals surface area contributed by atoms with E-state index in [1.54, 1.807) is 6.20 Å². The summed E-state index contributed by atoms with van der Waals surface area (Å²) in [5, 5.41) is 4.84. The van der Waals surface area contributed by atoms with Crippen LogP contribution in [0.25, 0.3) is 0 Å². The number of aryl methyl sites for hydroxylation is 1. The predicted octanol–water partition coefficient (Wildman–Crippen LogP) is 2.16. The second kappa shape index (κ2) is 4.02. The Morgan fingerprint density at radius 1 is 1.73 bits per heavy atom. The Morgan fingerprint density at radius 3 is 2.91 bits per heavy atom. The Kier molecular flexibility index (Phi) is 3.27. The third kappa shape index (κ3) is 2.14. The maximum absolute atomic E-state index is 5.81. The van der Waals surface area contributed by atoms with Crippen LogP contribution in [0.2, 0.25) is 5.02 Å². The third-order valence-electron chi connectivity index (χ3n) is 1.57. The Morgan fingerprint density at radius 2 is 2.45 bits per heavy atom. The molecule has 4 heteroatoms. The van der Waals surface area contributed by atoms with Gasteiger partial charge in [-0.2, -0.15) is 17.7 Å². The fourth-order valence-corrected chi connectivity index (χ4v) is 1.15. The molecule has 0 atom stereocenters. The molecule has 1 rings (SSSR count). The molecule has 0 bridgehead atoms. The quantitative estimate of drug-likeness (QED) is 0.724. The maximum atomic E-state index is 5.81. The zero-order valence-electron chi connectivity index (χ0n) is 6.42. The van der Waals surface area contributed by atoms with Crippen molar-refractivity contribution in [1.29, 1.82) is 0 Å². The van der Waals surface area contributed by atoms with Crippen LogP contribution in [0.1, 0.15) is 12.1 Å². The minimum absolute atomic E-state index is 0.740. The number of hydrogen-bond acceptors (Lipinski definition) is 2. The lowest BCUT2D eigenvalue weighted by Gasteiger charge is -2.01. The molecule has 0 aliphatic carbocycles. The van der Waals surface area contributed by atoms with Gasteiger partial charge in [-0.3, -0.25) is 4.68 Å². The van der Waals surface area contributed by atoms with Gasteiger partial charge in [0.1, 0.15) is 0 Å². The van der Waals surface area contributed by atoms with E-state index in [2.05, 4.69) is 17.7 Å². The fourth-order valence-electron chi connectivity index (χ4n) is 0.870. The smallest absolute Gasteiger partial charge is 0.0814 e. The molecule has 0 aliphatic rings. The fraction of sp³-hybridized carbons (Fsp3) is 0.571. The highest BCUT2D eigenvalue weighted by Gasteiger charge is 2.01. The molecule has 2 nitrogen and oxygen atoms in total. The van der Waals surface area contributed by atoms with Crippen LogP contribution in [-0.4, -0.2) is 15.5 Å². The second-order valence-electron chi connectivity index (χ2n) is 2.38. The zero-order valence-corrected chi connectivity index (χ0v) is 8.07. The summed E-state index contributed by atoms with van der Waals surface area (Å²) in [7, 11) is 0. The number of halogens is 1. The normalized spacial score (nSPS) is 10.5. The molecule has 0 fully saturated rings. The summed E-state index contributed by atoms with van der Waals surface area (Å²) >= 11 is 9.92. The van der Waals surface area contributed by atoms with Gasteiger partial charge in [-0.05, 0) is 19.1 Å². The topological polar surface area (TPSA) is 17.8 Å². The monoisotopic (exact) mass is 190 g/mol. The average Bonchev–Trinajstić information content (AvgIpc) is 2.31. The molecule has 1 aromatic heterocycles. The van der Waals surface area contributed by atoms with Crippen LogP contribution in [0.3, 0.4) is 0 Å². The molecule has 0 radical (unpaired) electrons. The van der Waals surface area contributed by atoms with Crippen LogP contribution < -0.4 is 0 Å². The van der Waals surface area contributed by atoms with Gasteiger partial charge in [-0.15, -0.1) is 0 Å². The lowest BCUT2D eigenvalue weighted by Crippen LogP contribution is -2.02. The Labute approximate surface area is 77.0 Å². The molecule has 11 heavy (non-hydrogen) atoms. The van der Waals surface area contributed by atoms with E-state index in [1.807, 2.05) is 11.6 Å². The van der Waals surface area contributed by atoms with Gasteiger partial charge >= 0.3 is 0 Å². The Hall–Kier alpha value is -0.150. The number of rotatable bonds is 3. The van der Waals surface area contributed by atoms with Crippen molar-refractivity contribution < 1.29 is 0 Å². The first-order valence-corrected chi connectivity index (χ1v) is 4.55. The van der Waals surface area contributed by atoms with Crippen molar-refractivity contribution in [3.63, 3.8) is 0 Å². The van der Waals surface area contributed by atoms with Crippen LogP contribution in [0.15, 0.2) is 6.20 Å². The van der Waals surface area contributed by atoms with E-state index in [-0.39, 0.29) is 0 Å². The molecule has 0 aromatic carbocycles. The number of thiol groups is 1. The van der Waals surface area contributed by atoms with E-state index < -0.39 is 0 Å². The van der Waals surface area contributed by atoms with Gasteiger partial charge in [-0.1, -0.05) is 11.6 Å². The van der Waals surface area contributed by atoms with Gasteiger partial charge in [0.15, 0.2) is 0 Å². The maximum Gasteiger partial charge on any atom is 0.0814 e.